The van der Waals surface area contributed by atoms with Gasteiger partial charge in [0.1, 0.15) is 0 Å². The fourth-order valence-electron chi connectivity index (χ4n) is 1.81. The Labute approximate surface area is 102 Å². The van der Waals surface area contributed by atoms with Gasteiger partial charge in [-0.15, -0.1) is 0 Å². The predicted octanol–water partition coefficient (Wildman–Crippen LogP) is 2.68. The molecule has 0 bridgehead atoms. The van der Waals surface area contributed by atoms with Gasteiger partial charge in [0.2, 0.25) is 5.91 Å². The van der Waals surface area contributed by atoms with E-state index in [4.69, 9.17) is 0 Å². The zero-order chi connectivity index (χ0) is 10.7. The van der Waals surface area contributed by atoms with Crippen molar-refractivity contribution in [1.29, 1.82) is 0 Å². The van der Waals surface area contributed by atoms with Crippen LogP contribution in [0.4, 0.5) is 0 Å². The smallest absolute Gasteiger partial charge is 0.236 e. The van der Waals surface area contributed by atoms with Gasteiger partial charge in [-0.1, -0.05) is 15.9 Å². The van der Waals surface area contributed by atoms with Crippen LogP contribution in [0.3, 0.4) is 0 Å². The van der Waals surface area contributed by atoms with Crippen molar-refractivity contribution in [1.82, 2.24) is 4.90 Å². The number of nitrogens with zero attached hydrogens (tertiary/aromatic N) is 1. The van der Waals surface area contributed by atoms with E-state index >= 15 is 0 Å². The second-order valence-electron chi connectivity index (χ2n) is 3.82. The summed E-state index contributed by atoms with van der Waals surface area (Å²) in [5, 5.41) is 4.24. The number of piperidine rings is 1. The van der Waals surface area contributed by atoms with Gasteiger partial charge in [0.05, 0.1) is 4.83 Å². The quantitative estimate of drug-likeness (QED) is 0.783. The Morgan fingerprint density at radius 1 is 1.60 bits per heavy atom. The van der Waals surface area contributed by atoms with Crippen molar-refractivity contribution in [3.05, 3.63) is 22.4 Å². The Bertz CT molecular complexity index is 325. The summed E-state index contributed by atoms with van der Waals surface area (Å²) in [5.41, 5.74) is 1.34. The van der Waals surface area contributed by atoms with Gasteiger partial charge < -0.3 is 4.90 Å². The summed E-state index contributed by atoms with van der Waals surface area (Å²) in [6, 6.07) is 2.13. The highest BCUT2D eigenvalue weighted by Crippen LogP contribution is 2.19. The molecule has 0 spiro atoms. The van der Waals surface area contributed by atoms with Crippen LogP contribution in [0.5, 0.6) is 0 Å². The van der Waals surface area contributed by atoms with E-state index in [1.807, 2.05) is 4.90 Å². The first-order chi connectivity index (χ1) is 7.27. The number of thiophene rings is 1. The van der Waals surface area contributed by atoms with Gasteiger partial charge >= 0.3 is 0 Å². The first kappa shape index (κ1) is 11.1. The topological polar surface area (TPSA) is 20.3 Å². The SMILES string of the molecule is O=C1C(Br)CCCN1CCc1ccsc1. The fraction of sp³-hybridized carbons (Fsp3) is 0.545. The Morgan fingerprint density at radius 2 is 2.47 bits per heavy atom. The molecule has 4 heteroatoms. The molecular weight excluding hydrogens is 274 g/mol. The molecule has 2 nitrogen and oxygen atoms in total. The molecule has 0 aromatic carbocycles. The highest BCUT2D eigenvalue weighted by Gasteiger charge is 2.25. The van der Waals surface area contributed by atoms with E-state index in [-0.39, 0.29) is 10.7 Å². The van der Waals surface area contributed by atoms with Crippen LogP contribution in [0.15, 0.2) is 16.8 Å². The molecule has 1 aliphatic rings. The van der Waals surface area contributed by atoms with Crippen molar-refractivity contribution in [2.75, 3.05) is 13.1 Å². The maximum Gasteiger partial charge on any atom is 0.236 e. The monoisotopic (exact) mass is 287 g/mol. The Hall–Kier alpha value is -0.350. The van der Waals surface area contributed by atoms with Gasteiger partial charge in [-0.05, 0) is 41.7 Å². The molecule has 0 N–H and O–H groups in total. The first-order valence-corrected chi connectivity index (χ1v) is 7.07. The third-order valence-electron chi connectivity index (χ3n) is 2.72. The highest BCUT2D eigenvalue weighted by atomic mass is 79.9. The van der Waals surface area contributed by atoms with Crippen LogP contribution in [0.2, 0.25) is 0 Å². The third-order valence-corrected chi connectivity index (χ3v) is 4.30. The Balaban J connectivity index is 1.86. The fourth-order valence-corrected chi connectivity index (χ4v) is 3.13. The molecule has 1 aliphatic heterocycles. The Kier molecular flexibility index (Phi) is 3.81. The van der Waals surface area contributed by atoms with Crippen LogP contribution in [0, 0.1) is 0 Å². The summed E-state index contributed by atoms with van der Waals surface area (Å²) in [6.07, 6.45) is 3.08. The molecule has 1 amide bonds. The van der Waals surface area contributed by atoms with Crippen LogP contribution in [0.25, 0.3) is 0 Å². The number of hydrogen-bond donors (Lipinski definition) is 0. The lowest BCUT2D eigenvalue weighted by Crippen LogP contribution is -2.42. The lowest BCUT2D eigenvalue weighted by atomic mass is 10.1. The number of alkyl halides is 1. The zero-order valence-corrected chi connectivity index (χ0v) is 10.9. The molecule has 1 aromatic heterocycles. The zero-order valence-electron chi connectivity index (χ0n) is 8.49. The van der Waals surface area contributed by atoms with Crippen molar-refractivity contribution in [2.24, 2.45) is 0 Å². The van der Waals surface area contributed by atoms with Crippen LogP contribution in [0.1, 0.15) is 18.4 Å². The highest BCUT2D eigenvalue weighted by molar-refractivity contribution is 9.10. The number of amides is 1. The van der Waals surface area contributed by atoms with E-state index in [1.165, 1.54) is 5.56 Å². The summed E-state index contributed by atoms with van der Waals surface area (Å²) in [6.45, 7) is 1.78. The molecular formula is C11H14BrNOS. The molecule has 1 atom stereocenters. The van der Waals surface area contributed by atoms with Crippen LogP contribution in [-0.2, 0) is 11.2 Å². The molecule has 1 fully saturated rings. The van der Waals surface area contributed by atoms with Gasteiger partial charge in [0.25, 0.3) is 0 Å². The second-order valence-corrected chi connectivity index (χ2v) is 5.70. The molecule has 2 rings (SSSR count). The summed E-state index contributed by atoms with van der Waals surface area (Å²) < 4.78 is 0. The van der Waals surface area contributed by atoms with Gasteiger partial charge in [0, 0.05) is 13.1 Å². The lowest BCUT2D eigenvalue weighted by Gasteiger charge is -2.29. The van der Waals surface area contributed by atoms with Crippen molar-refractivity contribution in [3.8, 4) is 0 Å². The van der Waals surface area contributed by atoms with Gasteiger partial charge in [-0.2, -0.15) is 11.3 Å². The van der Waals surface area contributed by atoms with Crippen LogP contribution >= 0.6 is 27.3 Å². The van der Waals surface area contributed by atoms with Gasteiger partial charge in [0.15, 0.2) is 0 Å². The Morgan fingerprint density at radius 3 is 3.20 bits per heavy atom. The van der Waals surface area contributed by atoms with Crippen molar-refractivity contribution in [2.45, 2.75) is 24.1 Å². The normalized spacial score (nSPS) is 22.1. The molecule has 0 radical (unpaired) electrons. The van der Waals surface area contributed by atoms with Crippen molar-refractivity contribution in [3.63, 3.8) is 0 Å². The molecule has 0 saturated carbocycles. The summed E-state index contributed by atoms with van der Waals surface area (Å²) >= 11 is 5.14. The van der Waals surface area contributed by atoms with E-state index in [1.54, 1.807) is 11.3 Å². The number of carbonyl (C=O) groups excluding carboxylic acids is 1. The van der Waals surface area contributed by atoms with Crippen LogP contribution < -0.4 is 0 Å². The van der Waals surface area contributed by atoms with E-state index in [0.717, 1.165) is 32.4 Å². The predicted molar refractivity (Wildman–Crippen MR) is 66.6 cm³/mol. The third kappa shape index (κ3) is 2.82. The van der Waals surface area contributed by atoms with Crippen LogP contribution in [-0.4, -0.2) is 28.7 Å². The molecule has 1 aromatic rings. The number of halogens is 1. The summed E-state index contributed by atoms with van der Waals surface area (Å²) in [5.74, 6) is 0.261. The number of carbonyl (C=O) groups is 1. The molecule has 2 heterocycles. The molecule has 1 saturated heterocycles. The molecule has 15 heavy (non-hydrogen) atoms. The van der Waals surface area contributed by atoms with Crippen molar-refractivity contribution >= 4 is 33.2 Å². The van der Waals surface area contributed by atoms with Gasteiger partial charge in [-0.3, -0.25) is 4.79 Å². The standard InChI is InChI=1S/C11H14BrNOS/c12-10-2-1-5-13(11(10)14)6-3-9-4-7-15-8-9/h4,7-8,10H,1-3,5-6H2. The average molecular weight is 288 g/mol. The van der Waals surface area contributed by atoms with E-state index < -0.39 is 0 Å². The van der Waals surface area contributed by atoms with E-state index in [2.05, 4.69) is 32.8 Å². The minimum atomic E-state index is 0.0497. The summed E-state index contributed by atoms with van der Waals surface area (Å²) in [7, 11) is 0. The average Bonchev–Trinajstić information content (AvgIpc) is 2.73. The number of rotatable bonds is 3. The van der Waals surface area contributed by atoms with Gasteiger partial charge in [-0.25, -0.2) is 0 Å². The van der Waals surface area contributed by atoms with E-state index in [9.17, 15) is 4.79 Å². The lowest BCUT2D eigenvalue weighted by molar-refractivity contribution is -0.132. The summed E-state index contributed by atoms with van der Waals surface area (Å²) in [4.78, 5) is 13.8. The largest absolute Gasteiger partial charge is 0.341 e. The minimum absolute atomic E-state index is 0.0497. The number of hydrogen-bond acceptors (Lipinski definition) is 2. The molecule has 1 unspecified atom stereocenters. The first-order valence-electron chi connectivity index (χ1n) is 5.21. The molecule has 0 aliphatic carbocycles. The maximum atomic E-state index is 11.8. The second kappa shape index (κ2) is 5.12. The number of likely N-dealkylation sites (tertiary alicyclic amines) is 1. The minimum Gasteiger partial charge on any atom is -0.341 e. The molecule has 82 valence electrons. The maximum absolute atomic E-state index is 11.8. The van der Waals surface area contributed by atoms with Crippen molar-refractivity contribution < 1.29 is 4.79 Å². The van der Waals surface area contributed by atoms with E-state index in [0.29, 0.717) is 0 Å².